The smallest absolute Gasteiger partial charge is 0.311 e. The lowest BCUT2D eigenvalue weighted by Crippen LogP contribution is -2.13. The molecule has 0 saturated carbocycles. The van der Waals surface area contributed by atoms with Crippen LogP contribution in [0, 0.1) is 23.3 Å². The first-order valence-corrected chi connectivity index (χ1v) is 7.66. The van der Waals surface area contributed by atoms with Crippen LogP contribution in [-0.4, -0.2) is 11.9 Å². The Kier molecular flexibility index (Phi) is 6.57. The van der Waals surface area contributed by atoms with Crippen LogP contribution in [-0.2, 0) is 9.59 Å². The molecule has 0 aromatic heterocycles. The number of hydrogen-bond donors (Lipinski definition) is 0. The molecule has 0 unspecified atom stereocenters. The highest BCUT2D eigenvalue weighted by molar-refractivity contribution is 6.32. The number of carbonyl (C=O) groups excluding carboxylic acids is 2. The third-order valence-corrected chi connectivity index (χ3v) is 3.42. The summed E-state index contributed by atoms with van der Waals surface area (Å²) in [5, 5.41) is -0.0911. The number of halogens is 5. The van der Waals surface area contributed by atoms with E-state index in [0.717, 1.165) is 12.1 Å². The fourth-order valence-electron chi connectivity index (χ4n) is 1.88. The summed E-state index contributed by atoms with van der Waals surface area (Å²) in [7, 11) is 0. The van der Waals surface area contributed by atoms with Crippen LogP contribution in [0.5, 0.6) is 11.5 Å². The zero-order valence-electron chi connectivity index (χ0n) is 13.0. The highest BCUT2D eigenvalue weighted by atomic mass is 35.5. The van der Waals surface area contributed by atoms with Crippen LogP contribution in [0.15, 0.2) is 30.3 Å². The summed E-state index contributed by atoms with van der Waals surface area (Å²) in [6.45, 7) is 0. The van der Waals surface area contributed by atoms with Gasteiger partial charge in [0.05, 0.1) is 5.02 Å². The molecular weight excluding hydrogens is 380 g/mol. The van der Waals surface area contributed by atoms with E-state index < -0.39 is 46.7 Å². The predicted octanol–water partition coefficient (Wildman–Crippen LogP) is 4.58. The second-order valence-corrected chi connectivity index (χ2v) is 5.43. The number of ether oxygens (including phenoxy) is 2. The summed E-state index contributed by atoms with van der Waals surface area (Å²) >= 11 is 5.70. The molecule has 2 aromatic rings. The Morgan fingerprint density at radius 3 is 2.15 bits per heavy atom. The minimum absolute atomic E-state index is 0.0605. The summed E-state index contributed by atoms with van der Waals surface area (Å²) in [6.07, 6.45) is -0.673. The van der Waals surface area contributed by atoms with Gasteiger partial charge >= 0.3 is 11.9 Å². The Balaban J connectivity index is 1.83. The largest absolute Gasteiger partial charge is 0.423 e. The van der Waals surface area contributed by atoms with Crippen molar-refractivity contribution >= 4 is 23.5 Å². The van der Waals surface area contributed by atoms with Crippen LogP contribution in [0.4, 0.5) is 17.6 Å². The molecule has 0 aliphatic heterocycles. The number of hydrogen-bond acceptors (Lipinski definition) is 4. The maximum Gasteiger partial charge on any atom is 0.311 e. The van der Waals surface area contributed by atoms with Crippen molar-refractivity contribution in [3.8, 4) is 11.5 Å². The quantitative estimate of drug-likeness (QED) is 0.313. The molecule has 2 aromatic carbocycles. The normalized spacial score (nSPS) is 10.5. The van der Waals surface area contributed by atoms with Gasteiger partial charge in [0.2, 0.25) is 5.82 Å². The average molecular weight is 391 g/mol. The Labute approximate surface area is 150 Å². The zero-order valence-corrected chi connectivity index (χ0v) is 13.8. The summed E-state index contributed by atoms with van der Waals surface area (Å²) in [5.41, 5.74) is 0. The highest BCUT2D eigenvalue weighted by Crippen LogP contribution is 2.27. The van der Waals surface area contributed by atoms with E-state index in [2.05, 4.69) is 4.74 Å². The van der Waals surface area contributed by atoms with Gasteiger partial charge in [-0.1, -0.05) is 17.7 Å². The molecule has 0 saturated heterocycles. The van der Waals surface area contributed by atoms with Gasteiger partial charge in [-0.05, 0) is 30.7 Å². The molecule has 0 bridgehead atoms. The zero-order chi connectivity index (χ0) is 19.3. The van der Waals surface area contributed by atoms with Crippen molar-refractivity contribution in [2.24, 2.45) is 0 Å². The third kappa shape index (κ3) is 4.95. The van der Waals surface area contributed by atoms with Gasteiger partial charge in [-0.15, -0.1) is 0 Å². The summed E-state index contributed by atoms with van der Waals surface area (Å²) in [5.74, 6) is -8.64. The molecule has 138 valence electrons. The van der Waals surface area contributed by atoms with E-state index in [-0.39, 0.29) is 24.3 Å². The number of carbonyl (C=O) groups is 2. The van der Waals surface area contributed by atoms with Gasteiger partial charge < -0.3 is 9.47 Å². The van der Waals surface area contributed by atoms with Gasteiger partial charge in [-0.2, -0.15) is 4.39 Å². The van der Waals surface area contributed by atoms with E-state index >= 15 is 0 Å². The third-order valence-electron chi connectivity index (χ3n) is 3.12. The first kappa shape index (κ1) is 19.7. The van der Waals surface area contributed by atoms with E-state index in [4.69, 9.17) is 16.3 Å². The highest BCUT2D eigenvalue weighted by Gasteiger charge is 2.18. The van der Waals surface area contributed by atoms with Crippen LogP contribution in [0.2, 0.25) is 5.02 Å². The van der Waals surface area contributed by atoms with Crippen LogP contribution in [0.3, 0.4) is 0 Å². The first-order chi connectivity index (χ1) is 12.3. The molecule has 0 heterocycles. The van der Waals surface area contributed by atoms with Gasteiger partial charge in [0.15, 0.2) is 29.0 Å². The van der Waals surface area contributed by atoms with Crippen molar-refractivity contribution in [3.63, 3.8) is 0 Å². The maximum absolute atomic E-state index is 13.5. The van der Waals surface area contributed by atoms with Crippen molar-refractivity contribution < 1.29 is 36.6 Å². The molecule has 0 aliphatic rings. The summed E-state index contributed by atoms with van der Waals surface area (Å²) < 4.78 is 62.0. The average Bonchev–Trinajstić information content (AvgIpc) is 2.59. The number of esters is 2. The monoisotopic (exact) mass is 390 g/mol. The molecule has 0 radical (unpaired) electrons. The Hall–Kier alpha value is -2.61. The van der Waals surface area contributed by atoms with Crippen molar-refractivity contribution in [1.29, 1.82) is 0 Å². The SMILES string of the molecule is O=C(CCCC(=O)Oc1c(F)cccc1Cl)Oc1ccc(F)c(F)c1F. The van der Waals surface area contributed by atoms with Crippen molar-refractivity contribution in [2.75, 3.05) is 0 Å². The standard InChI is InChI=1S/C17H11ClF4O4/c18-9-3-1-4-11(20)17(9)26-14(24)6-2-5-13(23)25-12-8-7-10(19)15(21)16(12)22/h1,3-4,7-8H,2,5-6H2. The van der Waals surface area contributed by atoms with Gasteiger partial charge in [0.1, 0.15) is 0 Å². The van der Waals surface area contributed by atoms with E-state index in [1.807, 2.05) is 0 Å². The Morgan fingerprint density at radius 2 is 1.50 bits per heavy atom. The molecule has 26 heavy (non-hydrogen) atoms. The Morgan fingerprint density at radius 1 is 0.846 bits per heavy atom. The fraction of sp³-hybridized carbons (Fsp3) is 0.176. The van der Waals surface area contributed by atoms with E-state index in [1.165, 1.54) is 12.1 Å². The van der Waals surface area contributed by atoms with Gasteiger partial charge in [-0.25, -0.2) is 13.2 Å². The topological polar surface area (TPSA) is 52.6 Å². The maximum atomic E-state index is 13.5. The summed E-state index contributed by atoms with van der Waals surface area (Å²) in [6, 6.07) is 5.10. The van der Waals surface area contributed by atoms with Crippen LogP contribution in [0.1, 0.15) is 19.3 Å². The molecule has 0 spiro atoms. The van der Waals surface area contributed by atoms with Gasteiger partial charge in [-0.3, -0.25) is 9.59 Å². The van der Waals surface area contributed by atoms with Crippen molar-refractivity contribution in [2.45, 2.75) is 19.3 Å². The Bertz CT molecular complexity index is 822. The van der Waals surface area contributed by atoms with E-state index in [1.54, 1.807) is 0 Å². The number of benzene rings is 2. The number of para-hydroxylation sites is 1. The molecule has 0 atom stereocenters. The lowest BCUT2D eigenvalue weighted by molar-refractivity contribution is -0.136. The molecular formula is C17H11ClF4O4. The van der Waals surface area contributed by atoms with Crippen LogP contribution in [0.25, 0.3) is 0 Å². The van der Waals surface area contributed by atoms with Crippen molar-refractivity contribution in [1.82, 2.24) is 0 Å². The molecule has 9 heteroatoms. The van der Waals surface area contributed by atoms with Gasteiger partial charge in [0.25, 0.3) is 0 Å². The van der Waals surface area contributed by atoms with Crippen molar-refractivity contribution in [3.05, 3.63) is 58.6 Å². The lowest BCUT2D eigenvalue weighted by atomic mass is 10.2. The molecule has 0 aliphatic carbocycles. The molecule has 0 amide bonds. The first-order valence-electron chi connectivity index (χ1n) is 7.28. The molecule has 0 N–H and O–H groups in total. The van der Waals surface area contributed by atoms with E-state index in [0.29, 0.717) is 6.07 Å². The van der Waals surface area contributed by atoms with Crippen LogP contribution >= 0.6 is 11.6 Å². The van der Waals surface area contributed by atoms with Crippen LogP contribution < -0.4 is 9.47 Å². The minimum Gasteiger partial charge on any atom is -0.423 e. The second kappa shape index (κ2) is 8.66. The predicted molar refractivity (Wildman–Crippen MR) is 82.8 cm³/mol. The minimum atomic E-state index is -1.76. The van der Waals surface area contributed by atoms with E-state index in [9.17, 15) is 27.2 Å². The fourth-order valence-corrected chi connectivity index (χ4v) is 2.08. The second-order valence-electron chi connectivity index (χ2n) is 5.03. The summed E-state index contributed by atoms with van der Waals surface area (Å²) in [4.78, 5) is 23.2. The molecule has 4 nitrogen and oxygen atoms in total. The van der Waals surface area contributed by atoms with Gasteiger partial charge in [0, 0.05) is 12.8 Å². The molecule has 0 fully saturated rings. The molecule has 2 rings (SSSR count). The lowest BCUT2D eigenvalue weighted by Gasteiger charge is -2.08. The number of rotatable bonds is 6.